The van der Waals surface area contributed by atoms with E-state index in [-0.39, 0.29) is 0 Å². The highest BCUT2D eigenvalue weighted by molar-refractivity contribution is 6.20. The predicted octanol–water partition coefficient (Wildman–Crippen LogP) is 9.42. The van der Waals surface area contributed by atoms with Gasteiger partial charge in [-0.3, -0.25) is 4.98 Å². The molecule has 0 N–H and O–H groups in total. The Labute approximate surface area is 214 Å². The molecule has 0 atom stereocenters. The summed E-state index contributed by atoms with van der Waals surface area (Å²) in [7, 11) is 0. The van der Waals surface area contributed by atoms with Crippen LogP contribution in [0.25, 0.3) is 72.6 Å². The molecule has 0 spiro atoms. The molecule has 37 heavy (non-hydrogen) atoms. The summed E-state index contributed by atoms with van der Waals surface area (Å²) in [5.41, 5.74) is 8.69. The lowest BCUT2D eigenvalue weighted by Gasteiger charge is -2.09. The van der Waals surface area contributed by atoms with E-state index in [1.807, 2.05) is 25.3 Å². The summed E-state index contributed by atoms with van der Waals surface area (Å²) >= 11 is 0. The molecule has 3 aromatic heterocycles. The molecule has 0 saturated heterocycles. The quantitative estimate of drug-likeness (QED) is 0.253. The first-order valence-corrected chi connectivity index (χ1v) is 12.5. The van der Waals surface area contributed by atoms with Crippen LogP contribution in [0, 0.1) is 0 Å². The third-order valence-corrected chi connectivity index (χ3v) is 7.12. The van der Waals surface area contributed by atoms with E-state index in [2.05, 4.69) is 102 Å². The number of para-hydroxylation sites is 1. The van der Waals surface area contributed by atoms with Gasteiger partial charge in [-0.05, 0) is 66.6 Å². The Hall–Kier alpha value is -4.89. The molecular weight excluding hydrogens is 452 g/mol. The van der Waals surface area contributed by atoms with Gasteiger partial charge in [0.25, 0.3) is 0 Å². The van der Waals surface area contributed by atoms with Crippen molar-refractivity contribution in [3.63, 3.8) is 0 Å². The highest BCUT2D eigenvalue weighted by Gasteiger charge is 2.17. The Morgan fingerprint density at radius 3 is 2.49 bits per heavy atom. The average Bonchev–Trinajstić information content (AvgIpc) is 3.48. The van der Waals surface area contributed by atoms with Crippen molar-refractivity contribution in [2.24, 2.45) is 0 Å². The molecule has 3 nitrogen and oxygen atoms in total. The predicted molar refractivity (Wildman–Crippen MR) is 156 cm³/mol. The zero-order valence-corrected chi connectivity index (χ0v) is 20.5. The van der Waals surface area contributed by atoms with Crippen LogP contribution in [0.2, 0.25) is 0 Å². The molecule has 176 valence electrons. The van der Waals surface area contributed by atoms with Crippen LogP contribution in [0.15, 0.2) is 114 Å². The van der Waals surface area contributed by atoms with E-state index in [0.717, 1.165) is 61.0 Å². The van der Waals surface area contributed by atoms with Gasteiger partial charge in [0.1, 0.15) is 11.3 Å². The third kappa shape index (κ3) is 3.25. The Balaban J connectivity index is 1.54. The van der Waals surface area contributed by atoms with Crippen molar-refractivity contribution in [1.29, 1.82) is 0 Å². The number of nitrogens with zero attached hydrogens (tertiary/aromatic N) is 2. The summed E-state index contributed by atoms with van der Waals surface area (Å²) in [4.78, 5) is 4.78. The van der Waals surface area contributed by atoms with Crippen molar-refractivity contribution in [2.45, 2.75) is 6.92 Å². The molecule has 0 saturated carbocycles. The minimum atomic E-state index is 0.796. The first kappa shape index (κ1) is 21.4. The molecule has 0 aliphatic heterocycles. The molecule has 0 aliphatic carbocycles. The first-order chi connectivity index (χ1) is 18.3. The van der Waals surface area contributed by atoms with Gasteiger partial charge in [0.05, 0.1) is 16.6 Å². The Morgan fingerprint density at radius 1 is 0.811 bits per heavy atom. The maximum absolute atomic E-state index is 6.04. The summed E-state index contributed by atoms with van der Waals surface area (Å²) in [5.74, 6) is 0.796. The van der Waals surface area contributed by atoms with Crippen LogP contribution in [0.1, 0.15) is 18.2 Å². The fraction of sp³-hybridized carbons (Fsp3) is 0.0294. The lowest BCUT2D eigenvalue weighted by molar-refractivity contribution is 0.603. The largest absolute Gasteiger partial charge is 0.456 e. The second-order valence-corrected chi connectivity index (χ2v) is 9.23. The molecular formula is C34H24N2O. The average molecular weight is 477 g/mol. The van der Waals surface area contributed by atoms with Crippen LogP contribution >= 0.6 is 0 Å². The van der Waals surface area contributed by atoms with Crippen molar-refractivity contribution in [3.05, 3.63) is 121 Å². The van der Waals surface area contributed by atoms with Gasteiger partial charge in [-0.1, -0.05) is 67.3 Å². The minimum Gasteiger partial charge on any atom is -0.456 e. The van der Waals surface area contributed by atoms with Gasteiger partial charge < -0.3 is 8.98 Å². The molecule has 3 heterocycles. The normalized spacial score (nSPS) is 11.9. The molecule has 0 unspecified atom stereocenters. The summed E-state index contributed by atoms with van der Waals surface area (Å²) in [6, 6.07) is 32.2. The van der Waals surface area contributed by atoms with Crippen LogP contribution in [-0.2, 0) is 0 Å². The molecule has 7 rings (SSSR count). The molecule has 0 aliphatic rings. The summed E-state index contributed by atoms with van der Waals surface area (Å²) in [6.07, 6.45) is 7.77. The van der Waals surface area contributed by atoms with Gasteiger partial charge in [-0.2, -0.15) is 0 Å². The Kier molecular flexibility index (Phi) is 4.83. The number of hydrogen-bond acceptors (Lipinski definition) is 2. The summed E-state index contributed by atoms with van der Waals surface area (Å²) in [5, 5.41) is 4.61. The number of fused-ring (bicyclic) bond motifs is 6. The molecule has 3 heteroatoms. The molecule has 4 aromatic carbocycles. The van der Waals surface area contributed by atoms with Gasteiger partial charge >= 0.3 is 0 Å². The van der Waals surface area contributed by atoms with Gasteiger partial charge in [0, 0.05) is 39.0 Å². The van der Waals surface area contributed by atoms with E-state index in [1.165, 1.54) is 10.8 Å². The molecule has 0 fully saturated rings. The van der Waals surface area contributed by atoms with Crippen molar-refractivity contribution >= 4 is 55.8 Å². The van der Waals surface area contributed by atoms with Crippen LogP contribution in [-0.4, -0.2) is 9.55 Å². The van der Waals surface area contributed by atoms with Gasteiger partial charge in [0.15, 0.2) is 0 Å². The van der Waals surface area contributed by atoms with E-state index < -0.39 is 0 Å². The van der Waals surface area contributed by atoms with Crippen molar-refractivity contribution in [3.8, 4) is 16.8 Å². The number of pyridine rings is 1. The van der Waals surface area contributed by atoms with Crippen LogP contribution in [0.4, 0.5) is 0 Å². The van der Waals surface area contributed by atoms with Gasteiger partial charge in [-0.15, -0.1) is 0 Å². The lowest BCUT2D eigenvalue weighted by atomic mass is 10.00. The smallest absolute Gasteiger partial charge is 0.135 e. The highest BCUT2D eigenvalue weighted by atomic mass is 16.3. The maximum Gasteiger partial charge on any atom is 0.135 e. The van der Waals surface area contributed by atoms with Crippen molar-refractivity contribution in [1.82, 2.24) is 9.55 Å². The topological polar surface area (TPSA) is 31.0 Å². The van der Waals surface area contributed by atoms with Crippen LogP contribution in [0.3, 0.4) is 0 Å². The number of rotatable bonds is 4. The molecule has 0 radical (unpaired) electrons. The fourth-order valence-corrected chi connectivity index (χ4v) is 5.48. The maximum atomic E-state index is 6.04. The number of allylic oxidation sites excluding steroid dienone is 1. The number of benzene rings is 4. The zero-order chi connectivity index (χ0) is 24.9. The zero-order valence-electron chi connectivity index (χ0n) is 20.5. The molecule has 0 amide bonds. The van der Waals surface area contributed by atoms with E-state index in [4.69, 9.17) is 9.40 Å². The molecule has 0 bridgehead atoms. The Morgan fingerprint density at radius 2 is 1.65 bits per heavy atom. The Bertz CT molecular complexity index is 2010. The van der Waals surface area contributed by atoms with E-state index in [1.54, 1.807) is 6.08 Å². The van der Waals surface area contributed by atoms with E-state index >= 15 is 0 Å². The van der Waals surface area contributed by atoms with Crippen molar-refractivity contribution in [2.75, 3.05) is 0 Å². The standard InChI is InChI=1S/C34H24N2O/c1-3-9-26-28-20-23(15-18-32(28)37-31(26)4-2)24-13-16-27-30(21-24)36(25-11-6-5-7-12-25)29-17-14-22-10-8-19-35-34(22)33(27)29/h3-21H,2H2,1H3/b9-3-. The van der Waals surface area contributed by atoms with E-state index in [9.17, 15) is 0 Å². The second kappa shape index (κ2) is 8.35. The fourth-order valence-electron chi connectivity index (χ4n) is 5.48. The monoisotopic (exact) mass is 476 g/mol. The van der Waals surface area contributed by atoms with Gasteiger partial charge in [-0.25, -0.2) is 0 Å². The lowest BCUT2D eigenvalue weighted by Crippen LogP contribution is -1.93. The van der Waals surface area contributed by atoms with Crippen LogP contribution in [0.5, 0.6) is 0 Å². The number of aromatic nitrogens is 2. The number of furan rings is 1. The first-order valence-electron chi connectivity index (χ1n) is 12.5. The summed E-state index contributed by atoms with van der Waals surface area (Å²) < 4.78 is 8.39. The third-order valence-electron chi connectivity index (χ3n) is 7.12. The van der Waals surface area contributed by atoms with Gasteiger partial charge in [0.2, 0.25) is 0 Å². The van der Waals surface area contributed by atoms with Crippen molar-refractivity contribution < 1.29 is 4.42 Å². The van der Waals surface area contributed by atoms with E-state index in [0.29, 0.717) is 0 Å². The van der Waals surface area contributed by atoms with Crippen LogP contribution < -0.4 is 0 Å². The minimum absolute atomic E-state index is 0.796. The number of hydrogen-bond donors (Lipinski definition) is 0. The molecule has 7 aromatic rings. The SMILES string of the molecule is C=Cc1oc2ccc(-c3ccc4c5c6ncccc6ccc5n(-c5ccccc5)c4c3)cc2c1/C=C\C. The highest BCUT2D eigenvalue weighted by Crippen LogP contribution is 2.39. The summed E-state index contributed by atoms with van der Waals surface area (Å²) in [6.45, 7) is 5.95. The second-order valence-electron chi connectivity index (χ2n) is 9.23.